The second-order valence-electron chi connectivity index (χ2n) is 7.05. The summed E-state index contributed by atoms with van der Waals surface area (Å²) in [7, 11) is -3.56. The average molecular weight is 480 g/mol. The third kappa shape index (κ3) is 5.09. The van der Waals surface area contributed by atoms with Crippen LogP contribution in [0.3, 0.4) is 0 Å². The molecule has 0 atom stereocenters. The lowest BCUT2D eigenvalue weighted by molar-refractivity contribution is 0.172. The first-order valence-corrected chi connectivity index (χ1v) is 12.4. The highest BCUT2D eigenvalue weighted by atomic mass is 35.5. The van der Waals surface area contributed by atoms with Gasteiger partial charge in [-0.2, -0.15) is 9.40 Å². The molecule has 1 aliphatic heterocycles. The Labute approximate surface area is 190 Å². The number of nitrogens with zero attached hydrogens (tertiary/aromatic N) is 4. The molecule has 0 aliphatic carbocycles. The van der Waals surface area contributed by atoms with E-state index in [2.05, 4.69) is 10.4 Å². The van der Waals surface area contributed by atoms with Gasteiger partial charge in [-0.25, -0.2) is 17.9 Å². The minimum absolute atomic E-state index is 0.177. The highest BCUT2D eigenvalue weighted by Crippen LogP contribution is 2.28. The fourth-order valence-electron chi connectivity index (χ4n) is 3.36. The molecular formula is C20H22ClN5O3S2. The normalized spacial score (nSPS) is 15.2. The van der Waals surface area contributed by atoms with Gasteiger partial charge in [0.2, 0.25) is 0 Å². The number of piperazine rings is 1. The Morgan fingerprint density at radius 2 is 1.84 bits per heavy atom. The zero-order chi connectivity index (χ0) is 21.8. The molecule has 2 aromatic heterocycles. The van der Waals surface area contributed by atoms with Gasteiger partial charge in [-0.3, -0.25) is 0 Å². The molecule has 3 heterocycles. The molecule has 1 aromatic carbocycles. The van der Waals surface area contributed by atoms with Crippen molar-refractivity contribution >= 4 is 39.0 Å². The van der Waals surface area contributed by atoms with E-state index in [9.17, 15) is 13.2 Å². The molecule has 8 nitrogen and oxygen atoms in total. The summed E-state index contributed by atoms with van der Waals surface area (Å²) in [4.78, 5) is 14.1. The molecule has 4 rings (SSSR count). The SMILES string of the molecule is O=C(NCCc1ccc(-n2cccn2)cc1)N1CCN(S(=O)(=O)c2ccc(Cl)s2)CC1. The molecule has 11 heteroatoms. The fraction of sp³-hybridized carbons (Fsp3) is 0.300. The zero-order valence-electron chi connectivity index (χ0n) is 16.6. The van der Waals surface area contributed by atoms with Gasteiger partial charge >= 0.3 is 6.03 Å². The van der Waals surface area contributed by atoms with Gasteiger partial charge in [0.05, 0.1) is 10.0 Å². The number of urea groups is 1. The molecule has 0 radical (unpaired) electrons. The summed E-state index contributed by atoms with van der Waals surface area (Å²) < 4.78 is 29.2. The topological polar surface area (TPSA) is 87.5 Å². The Morgan fingerprint density at radius 3 is 2.45 bits per heavy atom. The van der Waals surface area contributed by atoms with E-state index in [1.165, 1.54) is 10.4 Å². The van der Waals surface area contributed by atoms with Crippen LogP contribution in [0, 0.1) is 0 Å². The predicted octanol–water partition coefficient (Wildman–Crippen LogP) is 2.85. The van der Waals surface area contributed by atoms with Gasteiger partial charge in [0.25, 0.3) is 10.0 Å². The molecule has 0 unspecified atom stereocenters. The molecule has 2 amide bonds. The minimum atomic E-state index is -3.56. The Bertz CT molecular complexity index is 1120. The largest absolute Gasteiger partial charge is 0.338 e. The van der Waals surface area contributed by atoms with Crippen LogP contribution in [-0.2, 0) is 16.4 Å². The molecular weight excluding hydrogens is 458 g/mol. The third-order valence-electron chi connectivity index (χ3n) is 5.06. The zero-order valence-corrected chi connectivity index (χ0v) is 19.0. The first-order valence-electron chi connectivity index (χ1n) is 9.81. The number of sulfonamides is 1. The van der Waals surface area contributed by atoms with Crippen LogP contribution in [0.25, 0.3) is 5.69 Å². The number of carbonyl (C=O) groups excluding carboxylic acids is 1. The van der Waals surface area contributed by atoms with E-state index in [4.69, 9.17) is 11.6 Å². The van der Waals surface area contributed by atoms with E-state index in [1.807, 2.05) is 36.5 Å². The standard InChI is InChI=1S/C20H22ClN5O3S2/c21-18-6-7-19(30-18)31(28,29)25-14-12-24(13-15-25)20(27)22-10-8-16-2-4-17(5-3-16)26-11-1-9-23-26/h1-7,9,11H,8,10,12-15H2,(H,22,27). The number of hydrogen-bond donors (Lipinski definition) is 1. The fourth-order valence-corrected chi connectivity index (χ4v) is 6.42. The van der Waals surface area contributed by atoms with Crippen LogP contribution < -0.4 is 5.32 Å². The lowest BCUT2D eigenvalue weighted by atomic mass is 10.1. The number of benzene rings is 1. The maximum atomic E-state index is 12.7. The summed E-state index contributed by atoms with van der Waals surface area (Å²) in [6.45, 7) is 1.73. The lowest BCUT2D eigenvalue weighted by Crippen LogP contribution is -2.53. The van der Waals surface area contributed by atoms with Gasteiger partial charge < -0.3 is 10.2 Å². The maximum absolute atomic E-state index is 12.7. The summed E-state index contributed by atoms with van der Waals surface area (Å²) in [5, 5.41) is 7.12. The van der Waals surface area contributed by atoms with Crippen molar-refractivity contribution in [2.45, 2.75) is 10.6 Å². The maximum Gasteiger partial charge on any atom is 0.317 e. The van der Waals surface area contributed by atoms with Crippen molar-refractivity contribution in [2.24, 2.45) is 0 Å². The van der Waals surface area contributed by atoms with Crippen molar-refractivity contribution in [2.75, 3.05) is 32.7 Å². The van der Waals surface area contributed by atoms with Crippen LogP contribution in [0.2, 0.25) is 4.34 Å². The second kappa shape index (κ2) is 9.39. The predicted molar refractivity (Wildman–Crippen MR) is 120 cm³/mol. The number of hydrogen-bond acceptors (Lipinski definition) is 5. The number of rotatable bonds is 6. The van der Waals surface area contributed by atoms with E-state index >= 15 is 0 Å². The monoisotopic (exact) mass is 479 g/mol. The third-order valence-corrected chi connectivity index (χ3v) is 8.66. The molecule has 1 aliphatic rings. The number of thiophene rings is 1. The van der Waals surface area contributed by atoms with Crippen molar-refractivity contribution in [3.05, 3.63) is 64.8 Å². The Balaban J connectivity index is 1.23. The summed E-state index contributed by atoms with van der Waals surface area (Å²) >= 11 is 6.91. The van der Waals surface area contributed by atoms with E-state index in [1.54, 1.807) is 21.8 Å². The van der Waals surface area contributed by atoms with Crippen molar-refractivity contribution in [3.63, 3.8) is 0 Å². The molecule has 0 bridgehead atoms. The Morgan fingerprint density at radius 1 is 1.10 bits per heavy atom. The summed E-state index contributed by atoms with van der Waals surface area (Å²) in [6.07, 6.45) is 4.32. The quantitative estimate of drug-likeness (QED) is 0.589. The van der Waals surface area contributed by atoms with Gasteiger partial charge in [-0.15, -0.1) is 11.3 Å². The van der Waals surface area contributed by atoms with Crippen molar-refractivity contribution in [1.82, 2.24) is 24.3 Å². The van der Waals surface area contributed by atoms with E-state index in [0.29, 0.717) is 30.4 Å². The number of aromatic nitrogens is 2. The van der Waals surface area contributed by atoms with Gasteiger partial charge in [-0.05, 0) is 42.3 Å². The first-order chi connectivity index (χ1) is 14.9. The summed E-state index contributed by atoms with van der Waals surface area (Å²) in [5.74, 6) is 0. The van der Waals surface area contributed by atoms with E-state index < -0.39 is 10.0 Å². The van der Waals surface area contributed by atoms with Gasteiger partial charge in [-0.1, -0.05) is 23.7 Å². The lowest BCUT2D eigenvalue weighted by Gasteiger charge is -2.33. The Hall–Kier alpha value is -2.40. The van der Waals surface area contributed by atoms with Crippen LogP contribution >= 0.6 is 22.9 Å². The van der Waals surface area contributed by atoms with Gasteiger partial charge in [0.1, 0.15) is 4.21 Å². The Kier molecular flexibility index (Phi) is 6.61. The van der Waals surface area contributed by atoms with Gasteiger partial charge in [0, 0.05) is 45.1 Å². The molecule has 1 fully saturated rings. The van der Waals surface area contributed by atoms with Crippen molar-refractivity contribution < 1.29 is 13.2 Å². The molecule has 1 N–H and O–H groups in total. The van der Waals surface area contributed by atoms with Crippen LogP contribution in [0.4, 0.5) is 4.79 Å². The van der Waals surface area contributed by atoms with Crippen LogP contribution in [0.5, 0.6) is 0 Å². The minimum Gasteiger partial charge on any atom is -0.338 e. The summed E-state index contributed by atoms with van der Waals surface area (Å²) in [5.41, 5.74) is 2.09. The second-order valence-corrected chi connectivity index (χ2v) is 10.9. The highest BCUT2D eigenvalue weighted by molar-refractivity contribution is 7.91. The summed E-state index contributed by atoms with van der Waals surface area (Å²) in [6, 6.07) is 12.8. The van der Waals surface area contributed by atoms with Crippen LogP contribution in [0.15, 0.2) is 59.1 Å². The molecule has 3 aromatic rings. The van der Waals surface area contributed by atoms with E-state index in [0.717, 1.165) is 22.6 Å². The smallest absolute Gasteiger partial charge is 0.317 e. The molecule has 31 heavy (non-hydrogen) atoms. The molecule has 0 spiro atoms. The molecule has 164 valence electrons. The first kappa shape index (κ1) is 21.8. The average Bonchev–Trinajstić information content (AvgIpc) is 3.47. The van der Waals surface area contributed by atoms with Crippen molar-refractivity contribution in [1.29, 1.82) is 0 Å². The number of nitrogens with one attached hydrogen (secondary N) is 1. The van der Waals surface area contributed by atoms with Crippen LogP contribution in [-0.4, -0.2) is 66.2 Å². The van der Waals surface area contributed by atoms with Crippen molar-refractivity contribution in [3.8, 4) is 5.69 Å². The highest BCUT2D eigenvalue weighted by Gasteiger charge is 2.31. The molecule has 0 saturated carbocycles. The molecule has 1 saturated heterocycles. The number of carbonyl (C=O) groups is 1. The number of halogens is 1. The van der Waals surface area contributed by atoms with Gasteiger partial charge in [0.15, 0.2) is 0 Å². The van der Waals surface area contributed by atoms with E-state index in [-0.39, 0.29) is 23.3 Å². The number of amides is 2. The van der Waals surface area contributed by atoms with Crippen LogP contribution in [0.1, 0.15) is 5.56 Å².